The first-order valence-corrected chi connectivity index (χ1v) is 8.37. The van der Waals surface area contributed by atoms with Gasteiger partial charge in [0.05, 0.1) is 17.8 Å². The van der Waals surface area contributed by atoms with Crippen molar-refractivity contribution < 1.29 is 0 Å². The SMILES string of the molecule is Cc1[nH]n(-c2ccccc2)c(=O)c1[C@@H](c1ccccc1Cl)C(C#N)C#N. The largest absolute Gasteiger partial charge is 0.295 e. The molecule has 0 radical (unpaired) electrons. The second kappa shape index (κ2) is 7.31. The Morgan fingerprint density at radius 1 is 1.04 bits per heavy atom. The number of nitrogens with zero attached hydrogens (tertiary/aromatic N) is 3. The van der Waals surface area contributed by atoms with Crippen LogP contribution in [0.5, 0.6) is 0 Å². The van der Waals surface area contributed by atoms with Gasteiger partial charge in [0.15, 0.2) is 0 Å². The summed E-state index contributed by atoms with van der Waals surface area (Å²) in [7, 11) is 0. The van der Waals surface area contributed by atoms with Gasteiger partial charge in [-0.2, -0.15) is 10.5 Å². The smallest absolute Gasteiger partial charge is 0.275 e. The van der Waals surface area contributed by atoms with E-state index in [0.29, 0.717) is 27.5 Å². The summed E-state index contributed by atoms with van der Waals surface area (Å²) in [5.41, 5.74) is 1.93. The van der Waals surface area contributed by atoms with Gasteiger partial charge in [-0.3, -0.25) is 9.89 Å². The van der Waals surface area contributed by atoms with Crippen LogP contribution in [-0.2, 0) is 0 Å². The third-order valence-corrected chi connectivity index (χ3v) is 4.64. The van der Waals surface area contributed by atoms with Crippen molar-refractivity contribution in [3.05, 3.63) is 86.8 Å². The second-order valence-electron chi connectivity index (χ2n) is 5.86. The molecule has 0 spiro atoms. The van der Waals surface area contributed by atoms with Gasteiger partial charge in [0.25, 0.3) is 5.56 Å². The topological polar surface area (TPSA) is 85.4 Å². The molecule has 128 valence electrons. The van der Waals surface area contributed by atoms with E-state index in [4.69, 9.17) is 11.6 Å². The number of aryl methyl sites for hydroxylation is 1. The fraction of sp³-hybridized carbons (Fsp3) is 0.150. The molecule has 0 aliphatic carbocycles. The van der Waals surface area contributed by atoms with Crippen LogP contribution in [0.25, 0.3) is 5.69 Å². The van der Waals surface area contributed by atoms with Crippen LogP contribution in [-0.4, -0.2) is 9.78 Å². The van der Waals surface area contributed by atoms with Crippen LogP contribution >= 0.6 is 11.6 Å². The van der Waals surface area contributed by atoms with Gasteiger partial charge in [0.2, 0.25) is 0 Å². The number of para-hydroxylation sites is 1. The van der Waals surface area contributed by atoms with Crippen LogP contribution in [0, 0.1) is 35.5 Å². The van der Waals surface area contributed by atoms with Crippen molar-refractivity contribution in [3.63, 3.8) is 0 Å². The van der Waals surface area contributed by atoms with E-state index in [1.54, 1.807) is 43.3 Å². The van der Waals surface area contributed by atoms with Gasteiger partial charge in [-0.05, 0) is 30.7 Å². The van der Waals surface area contributed by atoms with E-state index < -0.39 is 11.8 Å². The average Bonchev–Trinajstić information content (AvgIpc) is 2.95. The average molecular weight is 363 g/mol. The minimum absolute atomic E-state index is 0.297. The maximum absolute atomic E-state index is 13.1. The number of aromatic nitrogens is 2. The normalized spacial score (nSPS) is 11.7. The van der Waals surface area contributed by atoms with Crippen molar-refractivity contribution in [2.75, 3.05) is 0 Å². The summed E-state index contributed by atoms with van der Waals surface area (Å²) < 4.78 is 1.42. The van der Waals surface area contributed by atoms with Crippen LogP contribution in [0.3, 0.4) is 0 Å². The van der Waals surface area contributed by atoms with Crippen molar-refractivity contribution in [2.24, 2.45) is 5.92 Å². The Balaban J connectivity index is 2.26. The summed E-state index contributed by atoms with van der Waals surface area (Å²) in [6.07, 6.45) is 0. The molecule has 0 aliphatic heterocycles. The highest BCUT2D eigenvalue weighted by Crippen LogP contribution is 2.35. The first kappa shape index (κ1) is 17.5. The Morgan fingerprint density at radius 2 is 1.65 bits per heavy atom. The third kappa shape index (κ3) is 3.01. The van der Waals surface area contributed by atoms with E-state index in [-0.39, 0.29) is 5.56 Å². The number of H-pyrrole nitrogens is 1. The maximum Gasteiger partial charge on any atom is 0.275 e. The van der Waals surface area contributed by atoms with E-state index in [2.05, 4.69) is 5.10 Å². The molecule has 1 aromatic heterocycles. The van der Waals surface area contributed by atoms with Crippen LogP contribution in [0.15, 0.2) is 59.4 Å². The van der Waals surface area contributed by atoms with E-state index >= 15 is 0 Å². The molecule has 0 unspecified atom stereocenters. The Hall–Kier alpha value is -3.28. The third-order valence-electron chi connectivity index (χ3n) is 4.29. The number of halogens is 1. The Morgan fingerprint density at radius 3 is 2.27 bits per heavy atom. The molecular formula is C20H15ClN4O. The zero-order valence-corrected chi connectivity index (χ0v) is 14.7. The molecular weight excluding hydrogens is 348 g/mol. The summed E-state index contributed by atoms with van der Waals surface area (Å²) in [5.74, 6) is -1.78. The van der Waals surface area contributed by atoms with E-state index in [9.17, 15) is 15.3 Å². The zero-order valence-electron chi connectivity index (χ0n) is 14.0. The number of nitrogens with one attached hydrogen (secondary N) is 1. The summed E-state index contributed by atoms with van der Waals surface area (Å²) in [5, 5.41) is 22.4. The number of hydrogen-bond donors (Lipinski definition) is 1. The van der Waals surface area contributed by atoms with Gasteiger partial charge in [-0.15, -0.1) is 0 Å². The molecule has 1 heterocycles. The van der Waals surface area contributed by atoms with Gasteiger partial charge >= 0.3 is 0 Å². The molecule has 5 nitrogen and oxygen atoms in total. The highest BCUT2D eigenvalue weighted by molar-refractivity contribution is 6.31. The molecule has 0 fully saturated rings. The molecule has 1 N–H and O–H groups in total. The highest BCUT2D eigenvalue weighted by Gasteiger charge is 2.32. The van der Waals surface area contributed by atoms with Gasteiger partial charge < -0.3 is 0 Å². The standard InChI is InChI=1S/C20H15ClN4O/c1-13-18(20(26)25(24-13)15-7-3-2-4-8-15)19(14(11-22)12-23)16-9-5-6-10-17(16)21/h2-10,14,19,24H,1H3/t19-/m1/s1. The van der Waals surface area contributed by atoms with Crippen LogP contribution in [0.4, 0.5) is 0 Å². The molecule has 3 rings (SSSR count). The molecule has 0 aliphatic rings. The summed E-state index contributed by atoms with van der Waals surface area (Å²) in [6.45, 7) is 1.76. The summed E-state index contributed by atoms with van der Waals surface area (Å²) in [6, 6.07) is 20.1. The van der Waals surface area contributed by atoms with Crippen molar-refractivity contribution in [1.29, 1.82) is 10.5 Å². The lowest BCUT2D eigenvalue weighted by Gasteiger charge is -2.18. The molecule has 0 saturated heterocycles. The second-order valence-corrected chi connectivity index (χ2v) is 6.27. The lowest BCUT2D eigenvalue weighted by Crippen LogP contribution is -2.23. The molecule has 0 bridgehead atoms. The van der Waals surface area contributed by atoms with Gasteiger partial charge in [-0.25, -0.2) is 4.68 Å². The van der Waals surface area contributed by atoms with Crippen molar-refractivity contribution in [1.82, 2.24) is 9.78 Å². The van der Waals surface area contributed by atoms with Crippen LogP contribution < -0.4 is 5.56 Å². The predicted octanol–water partition coefficient (Wildman–Crippen LogP) is 3.92. The number of rotatable bonds is 4. The molecule has 3 aromatic rings. The van der Waals surface area contributed by atoms with Crippen LogP contribution in [0.1, 0.15) is 22.7 Å². The van der Waals surface area contributed by atoms with E-state index in [1.807, 2.05) is 30.3 Å². The first-order valence-electron chi connectivity index (χ1n) is 7.99. The number of hydrogen-bond acceptors (Lipinski definition) is 3. The number of aromatic amines is 1. The molecule has 0 saturated carbocycles. The van der Waals surface area contributed by atoms with Gasteiger partial charge in [0.1, 0.15) is 5.92 Å². The first-order chi connectivity index (χ1) is 12.6. The lowest BCUT2D eigenvalue weighted by atomic mass is 9.82. The monoisotopic (exact) mass is 362 g/mol. The van der Waals surface area contributed by atoms with Gasteiger partial charge in [-0.1, -0.05) is 48.0 Å². The Labute approximate surface area is 155 Å². The minimum Gasteiger partial charge on any atom is -0.295 e. The van der Waals surface area contributed by atoms with E-state index in [0.717, 1.165) is 0 Å². The Kier molecular flexibility index (Phi) is 4.93. The molecule has 2 aromatic carbocycles. The Bertz CT molecular complexity index is 1060. The van der Waals surface area contributed by atoms with E-state index in [1.165, 1.54) is 4.68 Å². The van der Waals surface area contributed by atoms with Crippen LogP contribution in [0.2, 0.25) is 5.02 Å². The maximum atomic E-state index is 13.1. The van der Waals surface area contributed by atoms with Crippen molar-refractivity contribution in [2.45, 2.75) is 12.8 Å². The number of benzene rings is 2. The summed E-state index contributed by atoms with van der Waals surface area (Å²) >= 11 is 6.32. The zero-order chi connectivity index (χ0) is 18.7. The molecule has 0 amide bonds. The molecule has 6 heteroatoms. The number of nitriles is 2. The highest BCUT2D eigenvalue weighted by atomic mass is 35.5. The lowest BCUT2D eigenvalue weighted by molar-refractivity contribution is 0.699. The summed E-state index contributed by atoms with van der Waals surface area (Å²) in [4.78, 5) is 13.1. The molecule has 1 atom stereocenters. The van der Waals surface area contributed by atoms with Crippen molar-refractivity contribution >= 4 is 11.6 Å². The quantitative estimate of drug-likeness (QED) is 0.763. The van der Waals surface area contributed by atoms with Crippen molar-refractivity contribution in [3.8, 4) is 17.8 Å². The fourth-order valence-electron chi connectivity index (χ4n) is 3.09. The minimum atomic E-state index is -1.04. The van der Waals surface area contributed by atoms with Gasteiger partial charge in [0, 0.05) is 22.2 Å². The predicted molar refractivity (Wildman–Crippen MR) is 99.1 cm³/mol. The molecule has 26 heavy (non-hydrogen) atoms. The fourth-order valence-corrected chi connectivity index (χ4v) is 3.34.